The lowest BCUT2D eigenvalue weighted by Gasteiger charge is -2.20. The van der Waals surface area contributed by atoms with Gasteiger partial charge >= 0.3 is 5.97 Å². The van der Waals surface area contributed by atoms with E-state index < -0.39 is 15.9 Å². The van der Waals surface area contributed by atoms with Crippen LogP contribution in [0.3, 0.4) is 0 Å². The topological polar surface area (TPSA) is 92.8 Å². The average Bonchev–Trinajstić information content (AvgIpc) is 3.24. The SMILES string of the molecule is Cc1ccc(S(=O)(=O)N(C)C)cc1NC(=O)COC(=O)C[C@@H]1C[C@@H]2CC[C@@H]1C2. The number of sulfonamides is 1. The van der Waals surface area contributed by atoms with Gasteiger partial charge in [0.25, 0.3) is 5.91 Å². The van der Waals surface area contributed by atoms with Crippen LogP contribution in [0.15, 0.2) is 23.1 Å². The summed E-state index contributed by atoms with van der Waals surface area (Å²) in [5.74, 6) is 0.969. The molecule has 8 heteroatoms. The molecule has 28 heavy (non-hydrogen) atoms. The van der Waals surface area contributed by atoms with E-state index in [2.05, 4.69) is 5.32 Å². The van der Waals surface area contributed by atoms with Crippen molar-refractivity contribution in [1.82, 2.24) is 4.31 Å². The molecule has 0 heterocycles. The molecule has 1 amide bonds. The molecular formula is C20H28N2O5S. The normalized spacial score (nSPS) is 23.8. The molecule has 2 aliphatic carbocycles. The largest absolute Gasteiger partial charge is 0.456 e. The Labute approximate surface area is 166 Å². The van der Waals surface area contributed by atoms with Gasteiger partial charge in [-0.25, -0.2) is 12.7 Å². The van der Waals surface area contributed by atoms with E-state index in [1.807, 2.05) is 0 Å². The fourth-order valence-electron chi connectivity index (χ4n) is 4.34. The van der Waals surface area contributed by atoms with Gasteiger partial charge in [-0.2, -0.15) is 0 Å². The molecule has 1 aromatic rings. The molecule has 2 aliphatic rings. The first-order valence-electron chi connectivity index (χ1n) is 9.65. The van der Waals surface area contributed by atoms with E-state index in [-0.39, 0.29) is 17.5 Å². The van der Waals surface area contributed by atoms with Crippen LogP contribution in [-0.2, 0) is 24.3 Å². The van der Waals surface area contributed by atoms with E-state index >= 15 is 0 Å². The fraction of sp³-hybridized carbons (Fsp3) is 0.600. The molecule has 0 unspecified atom stereocenters. The molecule has 2 fully saturated rings. The summed E-state index contributed by atoms with van der Waals surface area (Å²) in [5.41, 5.74) is 1.11. The zero-order valence-electron chi connectivity index (χ0n) is 16.6. The summed E-state index contributed by atoms with van der Waals surface area (Å²) in [7, 11) is -0.704. The van der Waals surface area contributed by atoms with Gasteiger partial charge in [-0.3, -0.25) is 9.59 Å². The van der Waals surface area contributed by atoms with Crippen LogP contribution >= 0.6 is 0 Å². The molecule has 2 saturated carbocycles. The number of esters is 1. The molecule has 0 radical (unpaired) electrons. The quantitative estimate of drug-likeness (QED) is 0.700. The number of nitrogens with one attached hydrogen (secondary N) is 1. The lowest BCUT2D eigenvalue weighted by Crippen LogP contribution is -2.24. The van der Waals surface area contributed by atoms with Crippen molar-refractivity contribution in [3.05, 3.63) is 23.8 Å². The first-order valence-corrected chi connectivity index (χ1v) is 11.1. The van der Waals surface area contributed by atoms with E-state index in [0.29, 0.717) is 23.9 Å². The van der Waals surface area contributed by atoms with E-state index in [9.17, 15) is 18.0 Å². The minimum absolute atomic E-state index is 0.0895. The highest BCUT2D eigenvalue weighted by atomic mass is 32.2. The van der Waals surface area contributed by atoms with Gasteiger partial charge in [0.15, 0.2) is 6.61 Å². The Morgan fingerprint density at radius 1 is 1.21 bits per heavy atom. The van der Waals surface area contributed by atoms with Crippen LogP contribution in [0, 0.1) is 24.7 Å². The number of fused-ring (bicyclic) bond motifs is 2. The highest BCUT2D eigenvalue weighted by Crippen LogP contribution is 2.49. The summed E-state index contributed by atoms with van der Waals surface area (Å²) in [6.07, 6.45) is 5.18. The van der Waals surface area contributed by atoms with Crippen molar-refractivity contribution in [2.75, 3.05) is 26.0 Å². The van der Waals surface area contributed by atoms with E-state index in [1.165, 1.54) is 45.5 Å². The molecular weight excluding hydrogens is 380 g/mol. The maximum atomic E-state index is 12.3. The molecule has 2 bridgehead atoms. The number of carbonyl (C=O) groups is 2. The first-order chi connectivity index (χ1) is 13.2. The Bertz CT molecular complexity index is 865. The number of aryl methyl sites for hydroxylation is 1. The van der Waals surface area contributed by atoms with Gasteiger partial charge in [0, 0.05) is 26.2 Å². The van der Waals surface area contributed by atoms with Gasteiger partial charge in [0.2, 0.25) is 10.0 Å². The Morgan fingerprint density at radius 3 is 2.57 bits per heavy atom. The molecule has 7 nitrogen and oxygen atoms in total. The molecule has 0 aliphatic heterocycles. The third kappa shape index (κ3) is 4.55. The van der Waals surface area contributed by atoms with E-state index in [4.69, 9.17) is 4.74 Å². The number of carbonyl (C=O) groups excluding carboxylic acids is 2. The van der Waals surface area contributed by atoms with Gasteiger partial charge in [-0.15, -0.1) is 0 Å². The lowest BCUT2D eigenvalue weighted by atomic mass is 9.86. The number of rotatable bonds is 7. The molecule has 3 atom stereocenters. The van der Waals surface area contributed by atoms with Crippen molar-refractivity contribution >= 4 is 27.6 Å². The molecule has 1 N–H and O–H groups in total. The summed E-state index contributed by atoms with van der Waals surface area (Å²) in [6.45, 7) is 1.40. The second-order valence-electron chi connectivity index (χ2n) is 8.11. The minimum Gasteiger partial charge on any atom is -0.456 e. The number of hydrogen-bond acceptors (Lipinski definition) is 5. The molecule has 1 aromatic carbocycles. The van der Waals surface area contributed by atoms with Crippen LogP contribution in [0.5, 0.6) is 0 Å². The van der Waals surface area contributed by atoms with E-state index in [1.54, 1.807) is 13.0 Å². The number of nitrogens with zero attached hydrogens (tertiary/aromatic N) is 1. The standard InChI is InChI=1S/C20H28N2O5S/c1-13-4-7-17(28(25,26)22(2)3)11-18(13)21-19(23)12-27-20(24)10-16-9-14-5-6-15(16)8-14/h4,7,11,14-16H,5-6,8-10,12H2,1-3H3,(H,21,23)/t14-,15-,16+/m1/s1. The third-order valence-electron chi connectivity index (χ3n) is 5.94. The number of hydrogen-bond donors (Lipinski definition) is 1. The average molecular weight is 409 g/mol. The summed E-state index contributed by atoms with van der Waals surface area (Å²) in [6, 6.07) is 4.54. The Morgan fingerprint density at radius 2 is 1.96 bits per heavy atom. The predicted octanol–water partition coefficient (Wildman–Crippen LogP) is 2.55. The van der Waals surface area contributed by atoms with Crippen LogP contribution in [0.4, 0.5) is 5.69 Å². The van der Waals surface area contributed by atoms with Crippen LogP contribution in [0.25, 0.3) is 0 Å². The van der Waals surface area contributed by atoms with Crippen molar-refractivity contribution in [1.29, 1.82) is 0 Å². The van der Waals surface area contributed by atoms with Gasteiger partial charge < -0.3 is 10.1 Å². The monoisotopic (exact) mass is 408 g/mol. The van der Waals surface area contributed by atoms with Crippen molar-refractivity contribution in [2.45, 2.75) is 43.9 Å². The maximum absolute atomic E-state index is 12.3. The van der Waals surface area contributed by atoms with Crippen LogP contribution in [0.2, 0.25) is 0 Å². The van der Waals surface area contributed by atoms with Gasteiger partial charge in [0.1, 0.15) is 0 Å². The van der Waals surface area contributed by atoms with Gasteiger partial charge in [-0.1, -0.05) is 12.5 Å². The van der Waals surface area contributed by atoms with Gasteiger partial charge in [-0.05, 0) is 61.6 Å². The first kappa shape index (κ1) is 20.8. The summed E-state index contributed by atoms with van der Waals surface area (Å²) in [5, 5.41) is 2.64. The number of amides is 1. The lowest BCUT2D eigenvalue weighted by molar-refractivity contribution is -0.148. The molecule has 0 aromatic heterocycles. The van der Waals surface area contributed by atoms with Crippen molar-refractivity contribution in [3.8, 4) is 0 Å². The molecule has 0 saturated heterocycles. The number of ether oxygens (including phenoxy) is 1. The fourth-order valence-corrected chi connectivity index (χ4v) is 5.27. The molecule has 154 valence electrons. The van der Waals surface area contributed by atoms with Crippen molar-refractivity contribution in [2.24, 2.45) is 17.8 Å². The second-order valence-corrected chi connectivity index (χ2v) is 10.3. The van der Waals surface area contributed by atoms with Crippen LogP contribution < -0.4 is 5.32 Å². The highest BCUT2D eigenvalue weighted by Gasteiger charge is 2.40. The Hall–Kier alpha value is -1.93. The van der Waals surface area contributed by atoms with Crippen molar-refractivity contribution < 1.29 is 22.7 Å². The summed E-state index contributed by atoms with van der Waals surface area (Å²) in [4.78, 5) is 24.3. The number of benzene rings is 1. The van der Waals surface area contributed by atoms with Crippen LogP contribution in [0.1, 0.15) is 37.7 Å². The molecule has 3 rings (SSSR count). The minimum atomic E-state index is -3.60. The Balaban J connectivity index is 1.54. The number of anilines is 1. The predicted molar refractivity (Wildman–Crippen MR) is 105 cm³/mol. The zero-order chi connectivity index (χ0) is 20.5. The third-order valence-corrected chi connectivity index (χ3v) is 7.75. The molecule has 0 spiro atoms. The summed E-state index contributed by atoms with van der Waals surface area (Å²) < 4.78 is 30.8. The zero-order valence-corrected chi connectivity index (χ0v) is 17.4. The van der Waals surface area contributed by atoms with Crippen LogP contribution in [-0.4, -0.2) is 45.3 Å². The highest BCUT2D eigenvalue weighted by molar-refractivity contribution is 7.89. The smallest absolute Gasteiger partial charge is 0.306 e. The summed E-state index contributed by atoms with van der Waals surface area (Å²) >= 11 is 0. The second kappa shape index (κ2) is 8.21. The van der Waals surface area contributed by atoms with Gasteiger partial charge in [0.05, 0.1) is 4.90 Å². The Kier molecular flexibility index (Phi) is 6.09. The maximum Gasteiger partial charge on any atom is 0.306 e. The van der Waals surface area contributed by atoms with E-state index in [0.717, 1.165) is 22.2 Å². The van der Waals surface area contributed by atoms with Crippen molar-refractivity contribution in [3.63, 3.8) is 0 Å².